The van der Waals surface area contributed by atoms with Gasteiger partial charge in [-0.15, -0.1) is 5.10 Å². The summed E-state index contributed by atoms with van der Waals surface area (Å²) in [4.78, 5) is 13.5. The number of thioether (sulfide) groups is 1. The Morgan fingerprint density at radius 2 is 2.35 bits per heavy atom. The van der Waals surface area contributed by atoms with Crippen LogP contribution in [-0.2, 0) is 6.42 Å². The zero-order valence-electron chi connectivity index (χ0n) is 8.87. The minimum absolute atomic E-state index is 0.166. The summed E-state index contributed by atoms with van der Waals surface area (Å²) in [5.41, 5.74) is 1.88. The average Bonchev–Trinajstić information content (AvgIpc) is 2.87. The second kappa shape index (κ2) is 4.03. The zero-order valence-corrected chi connectivity index (χ0v) is 9.68. The van der Waals surface area contributed by atoms with Crippen LogP contribution >= 0.6 is 11.8 Å². The maximum atomic E-state index is 13.2. The van der Waals surface area contributed by atoms with Gasteiger partial charge in [0.15, 0.2) is 5.16 Å². The van der Waals surface area contributed by atoms with Crippen LogP contribution in [0.25, 0.3) is 0 Å². The molecule has 0 aliphatic heterocycles. The first kappa shape index (κ1) is 10.6. The number of H-pyrrole nitrogens is 2. The van der Waals surface area contributed by atoms with E-state index in [-0.39, 0.29) is 16.8 Å². The van der Waals surface area contributed by atoms with Crippen LogP contribution in [0, 0.1) is 5.82 Å². The summed E-state index contributed by atoms with van der Waals surface area (Å²) in [5.74, 6) is -0.216. The fourth-order valence-corrected chi connectivity index (χ4v) is 3.20. The molecule has 0 bridgehead atoms. The average molecular weight is 251 g/mol. The van der Waals surface area contributed by atoms with Crippen molar-refractivity contribution >= 4 is 11.8 Å². The summed E-state index contributed by atoms with van der Waals surface area (Å²) in [6, 6.07) is 4.89. The molecule has 0 amide bonds. The third-order valence-corrected chi connectivity index (χ3v) is 4.05. The van der Waals surface area contributed by atoms with Crippen molar-refractivity contribution in [2.45, 2.75) is 23.2 Å². The molecule has 3 rings (SSSR count). The lowest BCUT2D eigenvalue weighted by molar-refractivity contribution is 0.625. The van der Waals surface area contributed by atoms with Gasteiger partial charge in [0.25, 0.3) is 0 Å². The standard InChI is InChI=1S/C11H10FN3OS/c12-7-3-1-6-2-4-9(8(6)5-7)17-11-13-10(16)14-15-11/h1,3,5,9H,2,4H2,(H2,13,14,15,16)/t9-/m1/s1. The van der Waals surface area contributed by atoms with Crippen LogP contribution in [0.15, 0.2) is 28.2 Å². The Labute approximate surface area is 101 Å². The molecule has 2 N–H and O–H groups in total. The van der Waals surface area contributed by atoms with E-state index in [0.29, 0.717) is 5.16 Å². The van der Waals surface area contributed by atoms with E-state index in [1.54, 1.807) is 6.07 Å². The molecule has 0 fully saturated rings. The highest BCUT2D eigenvalue weighted by molar-refractivity contribution is 7.99. The molecular weight excluding hydrogens is 241 g/mol. The minimum atomic E-state index is -0.315. The van der Waals surface area contributed by atoms with Gasteiger partial charge in [-0.3, -0.25) is 4.98 Å². The molecule has 1 aliphatic carbocycles. The number of halogens is 1. The Kier molecular flexibility index (Phi) is 2.51. The van der Waals surface area contributed by atoms with Gasteiger partial charge in [-0.2, -0.15) is 0 Å². The lowest BCUT2D eigenvalue weighted by Crippen LogP contribution is -2.00. The van der Waals surface area contributed by atoms with Gasteiger partial charge in [0.2, 0.25) is 0 Å². The Hall–Kier alpha value is -1.56. The molecule has 0 radical (unpaired) electrons. The second-order valence-corrected chi connectivity index (χ2v) is 5.16. The predicted octanol–water partition coefficient (Wildman–Crippen LogP) is 2.02. The van der Waals surface area contributed by atoms with Gasteiger partial charge in [-0.05, 0) is 36.1 Å². The maximum absolute atomic E-state index is 13.2. The predicted molar refractivity (Wildman–Crippen MR) is 62.5 cm³/mol. The first-order valence-corrected chi connectivity index (χ1v) is 6.20. The van der Waals surface area contributed by atoms with Crippen molar-refractivity contribution in [3.63, 3.8) is 0 Å². The van der Waals surface area contributed by atoms with Crippen molar-refractivity contribution in [3.05, 3.63) is 45.6 Å². The Balaban J connectivity index is 1.88. The topological polar surface area (TPSA) is 61.5 Å². The van der Waals surface area contributed by atoms with Crippen LogP contribution < -0.4 is 5.69 Å². The zero-order chi connectivity index (χ0) is 11.8. The van der Waals surface area contributed by atoms with E-state index >= 15 is 0 Å². The van der Waals surface area contributed by atoms with Gasteiger partial charge < -0.3 is 0 Å². The normalized spacial score (nSPS) is 18.3. The number of aromatic nitrogens is 3. The highest BCUT2D eigenvalue weighted by Crippen LogP contribution is 2.43. The monoisotopic (exact) mass is 251 g/mol. The SMILES string of the molecule is O=c1[nH]nc(S[C@@H]2CCc3ccc(F)cc32)[nH]1. The van der Waals surface area contributed by atoms with E-state index in [2.05, 4.69) is 15.2 Å². The van der Waals surface area contributed by atoms with Crippen LogP contribution in [-0.4, -0.2) is 15.2 Å². The first-order chi connectivity index (χ1) is 8.22. The van der Waals surface area contributed by atoms with E-state index in [1.165, 1.54) is 23.4 Å². The smallest absolute Gasteiger partial charge is 0.284 e. The van der Waals surface area contributed by atoms with E-state index in [9.17, 15) is 9.18 Å². The first-order valence-electron chi connectivity index (χ1n) is 5.32. The largest absolute Gasteiger partial charge is 0.341 e. The number of hydrogen-bond donors (Lipinski definition) is 2. The minimum Gasteiger partial charge on any atom is -0.284 e. The molecule has 0 saturated carbocycles. The van der Waals surface area contributed by atoms with Crippen molar-refractivity contribution in [1.82, 2.24) is 15.2 Å². The number of hydrogen-bond acceptors (Lipinski definition) is 3. The van der Waals surface area contributed by atoms with Crippen molar-refractivity contribution in [3.8, 4) is 0 Å². The number of aryl methyl sites for hydroxylation is 1. The molecule has 0 unspecified atom stereocenters. The van der Waals surface area contributed by atoms with Gasteiger partial charge in [-0.1, -0.05) is 17.8 Å². The lowest BCUT2D eigenvalue weighted by atomic mass is 10.1. The van der Waals surface area contributed by atoms with Crippen molar-refractivity contribution < 1.29 is 4.39 Å². The molecule has 1 aliphatic rings. The highest BCUT2D eigenvalue weighted by atomic mass is 32.2. The van der Waals surface area contributed by atoms with Gasteiger partial charge in [0.1, 0.15) is 5.82 Å². The Bertz CT molecular complexity index is 607. The fourth-order valence-electron chi connectivity index (χ4n) is 2.10. The number of rotatable bonds is 2. The Morgan fingerprint density at radius 3 is 3.12 bits per heavy atom. The molecule has 0 spiro atoms. The summed E-state index contributed by atoms with van der Waals surface area (Å²) >= 11 is 1.46. The summed E-state index contributed by atoms with van der Waals surface area (Å²) in [6.07, 6.45) is 1.89. The molecule has 4 nitrogen and oxygen atoms in total. The van der Waals surface area contributed by atoms with Gasteiger partial charge in [0, 0.05) is 5.25 Å². The maximum Gasteiger partial charge on any atom is 0.341 e. The van der Waals surface area contributed by atoms with Crippen LogP contribution in [0.3, 0.4) is 0 Å². The quantitative estimate of drug-likeness (QED) is 0.858. The van der Waals surface area contributed by atoms with Crippen molar-refractivity contribution in [2.75, 3.05) is 0 Å². The van der Waals surface area contributed by atoms with Gasteiger partial charge in [-0.25, -0.2) is 14.3 Å². The van der Waals surface area contributed by atoms with Crippen LogP contribution in [0.5, 0.6) is 0 Å². The second-order valence-electron chi connectivity index (χ2n) is 3.97. The molecule has 88 valence electrons. The summed E-state index contributed by atoms with van der Waals surface area (Å²) in [5, 5.41) is 6.89. The van der Waals surface area contributed by atoms with Gasteiger partial charge in [0.05, 0.1) is 0 Å². The summed E-state index contributed by atoms with van der Waals surface area (Å²) in [6.45, 7) is 0. The number of nitrogens with one attached hydrogen (secondary N) is 2. The van der Waals surface area contributed by atoms with Crippen molar-refractivity contribution in [2.24, 2.45) is 0 Å². The molecule has 1 aromatic heterocycles. The molecule has 1 atom stereocenters. The lowest BCUT2D eigenvalue weighted by Gasteiger charge is -2.08. The number of aromatic amines is 2. The molecular formula is C11H10FN3OS. The molecule has 1 heterocycles. The van der Waals surface area contributed by atoms with Crippen LogP contribution in [0.4, 0.5) is 4.39 Å². The third-order valence-electron chi connectivity index (χ3n) is 2.86. The molecule has 0 saturated heterocycles. The van der Waals surface area contributed by atoms with E-state index in [4.69, 9.17) is 0 Å². The number of nitrogens with zero attached hydrogens (tertiary/aromatic N) is 1. The number of benzene rings is 1. The van der Waals surface area contributed by atoms with Crippen molar-refractivity contribution in [1.29, 1.82) is 0 Å². The molecule has 17 heavy (non-hydrogen) atoms. The van der Waals surface area contributed by atoms with E-state index < -0.39 is 0 Å². The fraction of sp³-hybridized carbons (Fsp3) is 0.273. The van der Waals surface area contributed by atoms with Crippen LogP contribution in [0.1, 0.15) is 22.8 Å². The summed E-state index contributed by atoms with van der Waals surface area (Å²) < 4.78 is 13.2. The van der Waals surface area contributed by atoms with E-state index in [0.717, 1.165) is 18.4 Å². The number of fused-ring (bicyclic) bond motifs is 1. The summed E-state index contributed by atoms with van der Waals surface area (Å²) in [7, 11) is 0. The molecule has 6 heteroatoms. The Morgan fingerprint density at radius 1 is 1.47 bits per heavy atom. The molecule has 2 aromatic rings. The highest BCUT2D eigenvalue weighted by Gasteiger charge is 2.24. The van der Waals surface area contributed by atoms with Crippen LogP contribution in [0.2, 0.25) is 0 Å². The van der Waals surface area contributed by atoms with E-state index in [1.807, 2.05) is 6.07 Å². The third kappa shape index (κ3) is 2.00. The molecule has 1 aromatic carbocycles. The van der Waals surface area contributed by atoms with Gasteiger partial charge >= 0.3 is 5.69 Å².